The van der Waals surface area contributed by atoms with Crippen LogP contribution in [0.15, 0.2) is 18.3 Å². The first-order valence-electron chi connectivity index (χ1n) is 4.29. The van der Waals surface area contributed by atoms with Crippen LogP contribution in [0.25, 0.3) is 0 Å². The minimum absolute atomic E-state index is 0.223. The Balaban J connectivity index is 2.54. The van der Waals surface area contributed by atoms with Gasteiger partial charge < -0.3 is 4.74 Å². The third-order valence-corrected chi connectivity index (χ3v) is 1.60. The largest absolute Gasteiger partial charge is 0.466 e. The summed E-state index contributed by atoms with van der Waals surface area (Å²) in [5.41, 5.74) is 1.84. The molecule has 0 bridgehead atoms. The summed E-state index contributed by atoms with van der Waals surface area (Å²) in [6, 6.07) is 3.77. The number of nitrogens with zero attached hydrogens (tertiary/aromatic N) is 1. The minimum atomic E-state index is -0.223. The number of rotatable bonds is 3. The van der Waals surface area contributed by atoms with E-state index in [1.807, 2.05) is 20.0 Å². The SMILES string of the molecule is Bc1ccc(CC(=O)OCC)nc1. The van der Waals surface area contributed by atoms with Gasteiger partial charge in [0.25, 0.3) is 0 Å². The Hall–Kier alpha value is -1.32. The molecule has 0 atom stereocenters. The third kappa shape index (κ3) is 3.28. The monoisotopic (exact) mass is 177 g/mol. The van der Waals surface area contributed by atoms with E-state index >= 15 is 0 Å². The van der Waals surface area contributed by atoms with Crippen LogP contribution in [0.5, 0.6) is 0 Å². The average Bonchev–Trinajstić information content (AvgIpc) is 2.09. The lowest BCUT2D eigenvalue weighted by molar-refractivity contribution is -0.142. The Labute approximate surface area is 78.5 Å². The highest BCUT2D eigenvalue weighted by molar-refractivity contribution is 6.32. The van der Waals surface area contributed by atoms with Crippen molar-refractivity contribution in [1.82, 2.24) is 4.98 Å². The van der Waals surface area contributed by atoms with Gasteiger partial charge in [0.15, 0.2) is 0 Å². The molecule has 0 spiro atoms. The highest BCUT2D eigenvalue weighted by Gasteiger charge is 2.03. The minimum Gasteiger partial charge on any atom is -0.466 e. The second-order valence-electron chi connectivity index (χ2n) is 2.81. The first-order chi connectivity index (χ1) is 6.22. The van der Waals surface area contributed by atoms with Crippen molar-refractivity contribution in [2.75, 3.05) is 6.61 Å². The number of carbonyl (C=O) groups is 1. The topological polar surface area (TPSA) is 39.2 Å². The summed E-state index contributed by atoms with van der Waals surface area (Å²) in [6.45, 7) is 2.21. The van der Waals surface area contributed by atoms with Crippen molar-refractivity contribution in [2.24, 2.45) is 0 Å². The molecule has 3 nitrogen and oxygen atoms in total. The number of hydrogen-bond acceptors (Lipinski definition) is 3. The molecule has 0 aromatic carbocycles. The van der Waals surface area contributed by atoms with Gasteiger partial charge in [-0.05, 0) is 13.0 Å². The van der Waals surface area contributed by atoms with Gasteiger partial charge in [-0.1, -0.05) is 11.5 Å². The van der Waals surface area contributed by atoms with E-state index in [-0.39, 0.29) is 12.4 Å². The van der Waals surface area contributed by atoms with Gasteiger partial charge in [-0.15, -0.1) is 0 Å². The Morgan fingerprint density at radius 2 is 2.38 bits per heavy atom. The molecule has 1 aromatic rings. The summed E-state index contributed by atoms with van der Waals surface area (Å²) in [5, 5.41) is 0. The van der Waals surface area contributed by atoms with Gasteiger partial charge in [0.2, 0.25) is 0 Å². The molecule has 0 fully saturated rings. The van der Waals surface area contributed by atoms with E-state index in [0.717, 1.165) is 11.2 Å². The smallest absolute Gasteiger partial charge is 0.311 e. The molecule has 0 N–H and O–H groups in total. The van der Waals surface area contributed by atoms with Crippen LogP contribution in [0, 0.1) is 0 Å². The first kappa shape index (κ1) is 9.77. The van der Waals surface area contributed by atoms with Crippen molar-refractivity contribution < 1.29 is 9.53 Å². The highest BCUT2D eigenvalue weighted by Crippen LogP contribution is 1.94. The van der Waals surface area contributed by atoms with Crippen LogP contribution < -0.4 is 5.46 Å². The van der Waals surface area contributed by atoms with Gasteiger partial charge in [-0.3, -0.25) is 9.78 Å². The summed E-state index contributed by atoms with van der Waals surface area (Å²) in [4.78, 5) is 15.1. The van der Waals surface area contributed by atoms with Crippen LogP contribution in [0.3, 0.4) is 0 Å². The molecule has 0 saturated heterocycles. The fourth-order valence-electron chi connectivity index (χ4n) is 0.963. The first-order valence-corrected chi connectivity index (χ1v) is 4.29. The maximum absolute atomic E-state index is 11.0. The molecule has 0 aliphatic carbocycles. The van der Waals surface area contributed by atoms with E-state index in [1.165, 1.54) is 0 Å². The molecule has 1 rings (SSSR count). The summed E-state index contributed by atoms with van der Waals surface area (Å²) < 4.78 is 4.80. The van der Waals surface area contributed by atoms with Crippen molar-refractivity contribution in [3.8, 4) is 0 Å². The van der Waals surface area contributed by atoms with Gasteiger partial charge >= 0.3 is 5.97 Å². The number of aromatic nitrogens is 1. The Morgan fingerprint density at radius 3 is 2.92 bits per heavy atom. The van der Waals surface area contributed by atoms with E-state index in [1.54, 1.807) is 13.1 Å². The molecule has 4 heteroatoms. The molecule has 68 valence electrons. The van der Waals surface area contributed by atoms with Crippen LogP contribution in [0.2, 0.25) is 0 Å². The predicted molar refractivity (Wildman–Crippen MR) is 52.8 cm³/mol. The molecule has 0 aliphatic heterocycles. The van der Waals surface area contributed by atoms with Crippen LogP contribution in [-0.4, -0.2) is 25.4 Å². The highest BCUT2D eigenvalue weighted by atomic mass is 16.5. The Morgan fingerprint density at radius 1 is 1.62 bits per heavy atom. The van der Waals surface area contributed by atoms with Crippen molar-refractivity contribution in [2.45, 2.75) is 13.3 Å². The van der Waals surface area contributed by atoms with Gasteiger partial charge in [0.05, 0.1) is 18.7 Å². The molecular weight excluding hydrogens is 165 g/mol. The Kier molecular flexibility index (Phi) is 3.49. The Bertz CT molecular complexity index is 284. The number of esters is 1. The molecule has 0 radical (unpaired) electrons. The predicted octanol–water partition coefficient (Wildman–Crippen LogP) is -0.554. The van der Waals surface area contributed by atoms with E-state index < -0.39 is 0 Å². The fourth-order valence-corrected chi connectivity index (χ4v) is 0.963. The maximum atomic E-state index is 11.0. The fraction of sp³-hybridized carbons (Fsp3) is 0.333. The van der Waals surface area contributed by atoms with Crippen molar-refractivity contribution >= 4 is 19.3 Å². The molecule has 1 aromatic heterocycles. The van der Waals surface area contributed by atoms with Crippen LogP contribution >= 0.6 is 0 Å². The van der Waals surface area contributed by atoms with Crippen molar-refractivity contribution in [3.05, 3.63) is 24.0 Å². The quantitative estimate of drug-likeness (QED) is 0.459. The van der Waals surface area contributed by atoms with Crippen LogP contribution in [0.4, 0.5) is 0 Å². The summed E-state index contributed by atoms with van der Waals surface area (Å²) in [7, 11) is 1.96. The van der Waals surface area contributed by atoms with Gasteiger partial charge in [0.1, 0.15) is 7.85 Å². The molecular formula is C9H12BNO2. The van der Waals surface area contributed by atoms with Gasteiger partial charge in [-0.2, -0.15) is 0 Å². The number of ether oxygens (including phenoxy) is 1. The number of pyridine rings is 1. The number of carbonyl (C=O) groups excluding carboxylic acids is 1. The van der Waals surface area contributed by atoms with Crippen LogP contribution in [-0.2, 0) is 16.0 Å². The average molecular weight is 177 g/mol. The summed E-state index contributed by atoms with van der Waals surface area (Å²) in [6.07, 6.45) is 2.00. The lowest BCUT2D eigenvalue weighted by atomic mass is 9.98. The normalized spacial score (nSPS) is 9.62. The second kappa shape index (κ2) is 4.65. The molecule has 0 unspecified atom stereocenters. The molecule has 0 saturated carbocycles. The van der Waals surface area contributed by atoms with Gasteiger partial charge in [-0.25, -0.2) is 0 Å². The van der Waals surface area contributed by atoms with E-state index in [4.69, 9.17) is 4.74 Å². The standard InChI is InChI=1S/C9H12BNO2/c1-2-13-9(12)5-8-4-3-7(10)6-11-8/h3-4,6H,2,5,10H2,1H3. The van der Waals surface area contributed by atoms with Crippen molar-refractivity contribution in [1.29, 1.82) is 0 Å². The third-order valence-electron chi connectivity index (χ3n) is 1.60. The zero-order chi connectivity index (χ0) is 9.68. The molecule has 13 heavy (non-hydrogen) atoms. The maximum Gasteiger partial charge on any atom is 0.311 e. The van der Waals surface area contributed by atoms with Crippen LogP contribution in [0.1, 0.15) is 12.6 Å². The summed E-state index contributed by atoms with van der Waals surface area (Å²) >= 11 is 0. The lowest BCUT2D eigenvalue weighted by Gasteiger charge is -2.01. The van der Waals surface area contributed by atoms with Gasteiger partial charge in [0, 0.05) is 6.20 Å². The lowest BCUT2D eigenvalue weighted by Crippen LogP contribution is -2.10. The summed E-state index contributed by atoms with van der Waals surface area (Å²) in [5.74, 6) is -0.223. The number of hydrogen-bond donors (Lipinski definition) is 0. The van der Waals surface area contributed by atoms with Crippen molar-refractivity contribution in [3.63, 3.8) is 0 Å². The van der Waals surface area contributed by atoms with E-state index in [0.29, 0.717) is 6.61 Å². The molecule has 1 heterocycles. The zero-order valence-corrected chi connectivity index (χ0v) is 7.91. The molecule has 0 amide bonds. The second-order valence-corrected chi connectivity index (χ2v) is 2.81. The molecule has 0 aliphatic rings. The van der Waals surface area contributed by atoms with E-state index in [9.17, 15) is 4.79 Å². The zero-order valence-electron chi connectivity index (χ0n) is 7.91. The van der Waals surface area contributed by atoms with E-state index in [2.05, 4.69) is 4.98 Å².